The van der Waals surface area contributed by atoms with Crippen LogP contribution in [0.4, 0.5) is 5.82 Å². The van der Waals surface area contributed by atoms with Crippen molar-refractivity contribution in [3.05, 3.63) is 49.1 Å². The Bertz CT molecular complexity index is 998. The molecule has 25 heavy (non-hydrogen) atoms. The minimum atomic E-state index is 0.490. The molecule has 1 aromatic carbocycles. The van der Waals surface area contributed by atoms with Crippen LogP contribution in [0.5, 0.6) is 0 Å². The van der Waals surface area contributed by atoms with Gasteiger partial charge in [0.15, 0.2) is 11.0 Å². The number of aromatic nitrogens is 5. The van der Waals surface area contributed by atoms with Crippen LogP contribution < -0.4 is 5.73 Å². The Kier molecular flexibility index (Phi) is 4.47. The highest BCUT2D eigenvalue weighted by Crippen LogP contribution is 2.27. The summed E-state index contributed by atoms with van der Waals surface area (Å²) in [6.07, 6.45) is 7.55. The molecular formula is C18H18N6S. The summed E-state index contributed by atoms with van der Waals surface area (Å²) in [5.74, 6) is 1.49. The van der Waals surface area contributed by atoms with Gasteiger partial charge in [-0.05, 0) is 25.0 Å². The highest BCUT2D eigenvalue weighted by Gasteiger charge is 2.11. The van der Waals surface area contributed by atoms with E-state index in [1.807, 2.05) is 30.6 Å². The maximum Gasteiger partial charge on any atom is 0.187 e. The van der Waals surface area contributed by atoms with E-state index in [0.717, 1.165) is 52.2 Å². The van der Waals surface area contributed by atoms with Gasteiger partial charge in [0.2, 0.25) is 0 Å². The Labute approximate surface area is 149 Å². The van der Waals surface area contributed by atoms with Gasteiger partial charge < -0.3 is 10.3 Å². The topological polar surface area (TPSA) is 82.5 Å². The number of unbranched alkanes of at least 4 members (excludes halogenated alkanes) is 1. The lowest BCUT2D eigenvalue weighted by Gasteiger charge is -2.07. The van der Waals surface area contributed by atoms with Gasteiger partial charge in [-0.1, -0.05) is 30.0 Å². The number of nitrogen functional groups attached to an aromatic ring is 1. The van der Waals surface area contributed by atoms with Crippen molar-refractivity contribution in [1.82, 2.24) is 24.5 Å². The fraction of sp³-hybridized carbons (Fsp3) is 0.222. The quantitative estimate of drug-likeness (QED) is 0.325. The van der Waals surface area contributed by atoms with Crippen LogP contribution in [-0.4, -0.2) is 30.3 Å². The zero-order valence-electron chi connectivity index (χ0n) is 13.7. The normalized spacial score (nSPS) is 11.4. The summed E-state index contributed by atoms with van der Waals surface area (Å²) in [6, 6.07) is 9.89. The molecule has 0 saturated heterocycles. The van der Waals surface area contributed by atoms with Crippen LogP contribution in [0.2, 0.25) is 0 Å². The summed E-state index contributed by atoms with van der Waals surface area (Å²) in [7, 11) is 0. The molecule has 126 valence electrons. The molecular weight excluding hydrogens is 332 g/mol. The highest BCUT2D eigenvalue weighted by atomic mass is 32.2. The summed E-state index contributed by atoms with van der Waals surface area (Å²) in [4.78, 5) is 17.4. The number of thioether (sulfide) groups is 1. The van der Waals surface area contributed by atoms with Gasteiger partial charge >= 0.3 is 0 Å². The zero-order valence-corrected chi connectivity index (χ0v) is 14.5. The summed E-state index contributed by atoms with van der Waals surface area (Å²) >= 11 is 1.69. The van der Waals surface area contributed by atoms with Crippen LogP contribution in [0.3, 0.4) is 0 Å². The summed E-state index contributed by atoms with van der Waals surface area (Å²) in [6.45, 7) is 0.903. The summed E-state index contributed by atoms with van der Waals surface area (Å²) in [5, 5.41) is 1.93. The number of benzene rings is 1. The van der Waals surface area contributed by atoms with Crippen molar-refractivity contribution in [2.75, 3.05) is 11.5 Å². The lowest BCUT2D eigenvalue weighted by atomic mass is 10.2. The number of hydrogen-bond acceptors (Lipinski definition) is 6. The number of aryl methyl sites for hydroxylation is 1. The van der Waals surface area contributed by atoms with Crippen LogP contribution in [0.1, 0.15) is 12.8 Å². The van der Waals surface area contributed by atoms with Crippen molar-refractivity contribution in [3.63, 3.8) is 0 Å². The Morgan fingerprint density at radius 1 is 1.00 bits per heavy atom. The first-order valence-electron chi connectivity index (χ1n) is 8.22. The lowest BCUT2D eigenvalue weighted by Crippen LogP contribution is -1.99. The van der Waals surface area contributed by atoms with Gasteiger partial charge in [0.1, 0.15) is 5.52 Å². The molecule has 6 nitrogen and oxygen atoms in total. The van der Waals surface area contributed by atoms with E-state index in [4.69, 9.17) is 5.73 Å². The van der Waals surface area contributed by atoms with Crippen LogP contribution in [0, 0.1) is 0 Å². The van der Waals surface area contributed by atoms with Crippen LogP contribution in [0.25, 0.3) is 21.9 Å². The van der Waals surface area contributed by atoms with E-state index in [1.165, 1.54) is 0 Å². The molecule has 0 aliphatic heterocycles. The predicted octanol–water partition coefficient (Wildman–Crippen LogP) is 3.53. The first-order valence-corrected chi connectivity index (χ1v) is 9.20. The number of nitrogens with two attached hydrogens (primary N) is 1. The van der Waals surface area contributed by atoms with Crippen molar-refractivity contribution < 1.29 is 0 Å². The fourth-order valence-corrected chi connectivity index (χ4v) is 3.69. The lowest BCUT2D eigenvalue weighted by molar-refractivity contribution is 0.649. The predicted molar refractivity (Wildman–Crippen MR) is 101 cm³/mol. The van der Waals surface area contributed by atoms with Gasteiger partial charge in [-0.25, -0.2) is 19.9 Å². The molecule has 0 unspecified atom stereocenters. The average molecular weight is 350 g/mol. The third-order valence-electron chi connectivity index (χ3n) is 4.05. The smallest absolute Gasteiger partial charge is 0.187 e. The molecule has 0 spiro atoms. The average Bonchev–Trinajstić information content (AvgIpc) is 3.07. The first-order chi connectivity index (χ1) is 12.3. The monoisotopic (exact) mass is 350 g/mol. The number of nitrogens with zero attached hydrogens (tertiary/aromatic N) is 5. The minimum absolute atomic E-state index is 0.490. The van der Waals surface area contributed by atoms with Crippen molar-refractivity contribution >= 4 is 39.5 Å². The van der Waals surface area contributed by atoms with E-state index in [9.17, 15) is 0 Å². The summed E-state index contributed by atoms with van der Waals surface area (Å²) < 4.78 is 2.18. The second-order valence-corrected chi connectivity index (χ2v) is 6.80. The molecule has 0 bridgehead atoms. The summed E-state index contributed by atoms with van der Waals surface area (Å²) in [5.41, 5.74) is 8.84. The van der Waals surface area contributed by atoms with Crippen molar-refractivity contribution in [2.45, 2.75) is 24.5 Å². The zero-order chi connectivity index (χ0) is 17.1. The number of para-hydroxylation sites is 1. The molecule has 0 radical (unpaired) electrons. The Morgan fingerprint density at radius 2 is 1.84 bits per heavy atom. The Hall–Kier alpha value is -2.67. The van der Waals surface area contributed by atoms with E-state index in [-0.39, 0.29) is 0 Å². The molecule has 4 aromatic rings. The maximum absolute atomic E-state index is 6.07. The minimum Gasteiger partial charge on any atom is -0.382 e. The largest absolute Gasteiger partial charge is 0.382 e. The van der Waals surface area contributed by atoms with Gasteiger partial charge in [-0.2, -0.15) is 0 Å². The molecule has 0 saturated carbocycles. The van der Waals surface area contributed by atoms with E-state index < -0.39 is 0 Å². The van der Waals surface area contributed by atoms with Gasteiger partial charge in [-0.15, -0.1) is 0 Å². The standard InChI is InChI=1S/C18H18N6S/c19-17-15-16(13-6-1-2-7-14(13)23-17)24(12-22-15)10-3-4-11-25-18-20-8-5-9-21-18/h1-2,5-9,12H,3-4,10-11H2,(H2,19,23). The van der Waals surface area contributed by atoms with Crippen molar-refractivity contribution in [2.24, 2.45) is 0 Å². The van der Waals surface area contributed by atoms with Crippen LogP contribution in [0.15, 0.2) is 54.2 Å². The third-order valence-corrected chi connectivity index (χ3v) is 5.01. The Balaban J connectivity index is 1.47. The molecule has 0 atom stereocenters. The number of fused-ring (bicyclic) bond motifs is 3. The number of anilines is 1. The SMILES string of the molecule is Nc1nc2ccccc2c2c1ncn2CCCCSc1ncccn1. The molecule has 0 fully saturated rings. The molecule has 0 aliphatic carbocycles. The van der Waals surface area contributed by atoms with Gasteiger partial charge in [-0.3, -0.25) is 0 Å². The van der Waals surface area contributed by atoms with Crippen LogP contribution in [-0.2, 0) is 6.54 Å². The molecule has 0 amide bonds. The van der Waals surface area contributed by atoms with Gasteiger partial charge in [0.25, 0.3) is 0 Å². The number of pyridine rings is 1. The molecule has 3 aromatic heterocycles. The van der Waals surface area contributed by atoms with Gasteiger partial charge in [0, 0.05) is 30.1 Å². The third kappa shape index (κ3) is 3.28. The molecule has 4 rings (SSSR count). The van der Waals surface area contributed by atoms with Gasteiger partial charge in [0.05, 0.1) is 17.4 Å². The second kappa shape index (κ2) is 7.06. The molecule has 3 heterocycles. The van der Waals surface area contributed by atoms with Crippen LogP contribution >= 0.6 is 11.8 Å². The fourth-order valence-electron chi connectivity index (χ4n) is 2.88. The van der Waals surface area contributed by atoms with Crippen molar-refractivity contribution in [1.29, 1.82) is 0 Å². The van der Waals surface area contributed by atoms with E-state index >= 15 is 0 Å². The highest BCUT2D eigenvalue weighted by molar-refractivity contribution is 7.99. The van der Waals surface area contributed by atoms with E-state index in [0.29, 0.717) is 5.82 Å². The first kappa shape index (κ1) is 15.8. The number of rotatable bonds is 6. The maximum atomic E-state index is 6.07. The van der Waals surface area contributed by atoms with E-state index in [1.54, 1.807) is 24.2 Å². The molecule has 0 aliphatic rings. The second-order valence-electron chi connectivity index (χ2n) is 5.74. The molecule has 7 heteroatoms. The Morgan fingerprint density at radius 3 is 2.72 bits per heavy atom. The number of hydrogen-bond donors (Lipinski definition) is 1. The molecule has 2 N–H and O–H groups in total. The van der Waals surface area contributed by atoms with E-state index in [2.05, 4.69) is 30.6 Å². The van der Waals surface area contributed by atoms with Crippen molar-refractivity contribution in [3.8, 4) is 0 Å². The number of imidazole rings is 1.